The summed E-state index contributed by atoms with van der Waals surface area (Å²) < 4.78 is 0. The van der Waals surface area contributed by atoms with Crippen LogP contribution in [0.2, 0.25) is 0 Å². The van der Waals surface area contributed by atoms with Gasteiger partial charge in [0, 0.05) is 18.0 Å². The Morgan fingerprint density at radius 1 is 1.25 bits per heavy atom. The van der Waals surface area contributed by atoms with Gasteiger partial charge in [-0.15, -0.1) is 11.3 Å². The summed E-state index contributed by atoms with van der Waals surface area (Å²) in [5.74, 6) is 0. The van der Waals surface area contributed by atoms with E-state index < -0.39 is 0 Å². The van der Waals surface area contributed by atoms with Crippen LogP contribution in [0, 0.1) is 13.8 Å². The Hall–Kier alpha value is -1.45. The van der Waals surface area contributed by atoms with E-state index in [1.807, 2.05) is 17.4 Å². The second-order valence-corrected chi connectivity index (χ2v) is 6.36. The van der Waals surface area contributed by atoms with Crippen molar-refractivity contribution in [3.05, 3.63) is 57.0 Å². The van der Waals surface area contributed by atoms with E-state index >= 15 is 0 Å². The van der Waals surface area contributed by atoms with Crippen molar-refractivity contribution in [2.24, 2.45) is 0 Å². The Morgan fingerprint density at radius 3 is 2.65 bits per heavy atom. The summed E-state index contributed by atoms with van der Waals surface area (Å²) >= 11 is 1.81. The number of thiazole rings is 1. The van der Waals surface area contributed by atoms with E-state index in [0.29, 0.717) is 0 Å². The van der Waals surface area contributed by atoms with Crippen molar-refractivity contribution in [2.75, 3.05) is 13.1 Å². The third kappa shape index (κ3) is 4.58. The highest BCUT2D eigenvalue weighted by atomic mass is 32.1. The molecule has 106 valence electrons. The first kappa shape index (κ1) is 14.9. The molecule has 0 aliphatic rings. The van der Waals surface area contributed by atoms with Crippen LogP contribution in [-0.4, -0.2) is 18.1 Å². The van der Waals surface area contributed by atoms with Crippen molar-refractivity contribution in [1.29, 1.82) is 0 Å². The minimum atomic E-state index is 0.936. The Bertz CT molecular complexity index is 570. The maximum absolute atomic E-state index is 4.46. The number of aryl methyl sites for hydroxylation is 2. The van der Waals surface area contributed by atoms with Gasteiger partial charge in [-0.2, -0.15) is 0 Å². The van der Waals surface area contributed by atoms with Gasteiger partial charge in [-0.1, -0.05) is 42.0 Å². The number of aromatic nitrogens is 1. The summed E-state index contributed by atoms with van der Waals surface area (Å²) in [6.07, 6.45) is 3.30. The zero-order valence-corrected chi connectivity index (χ0v) is 13.3. The predicted octanol–water partition coefficient (Wildman–Crippen LogP) is 4.00. The molecule has 0 radical (unpaired) electrons. The second kappa shape index (κ2) is 7.36. The number of benzene rings is 1. The van der Waals surface area contributed by atoms with Crippen LogP contribution >= 0.6 is 11.3 Å². The van der Waals surface area contributed by atoms with Crippen LogP contribution in [0.1, 0.15) is 28.1 Å². The lowest BCUT2D eigenvalue weighted by Crippen LogP contribution is -2.19. The summed E-state index contributed by atoms with van der Waals surface area (Å²) in [6.45, 7) is 8.27. The van der Waals surface area contributed by atoms with Crippen LogP contribution in [0.5, 0.6) is 0 Å². The van der Waals surface area contributed by atoms with Gasteiger partial charge in [-0.3, -0.25) is 0 Å². The van der Waals surface area contributed by atoms with Crippen LogP contribution in [0.25, 0.3) is 6.08 Å². The molecule has 0 fully saturated rings. The van der Waals surface area contributed by atoms with Crippen molar-refractivity contribution in [3.63, 3.8) is 0 Å². The van der Waals surface area contributed by atoms with Gasteiger partial charge in [0.25, 0.3) is 0 Å². The Morgan fingerprint density at radius 2 is 2.00 bits per heavy atom. The number of rotatable bonds is 6. The number of nitrogens with one attached hydrogen (secondary N) is 1. The van der Waals surface area contributed by atoms with Crippen molar-refractivity contribution >= 4 is 17.4 Å². The molecule has 0 saturated heterocycles. The van der Waals surface area contributed by atoms with Crippen LogP contribution in [0.3, 0.4) is 0 Å². The minimum absolute atomic E-state index is 0.936. The minimum Gasteiger partial charge on any atom is -0.313 e. The highest BCUT2D eigenvalue weighted by Crippen LogP contribution is 2.17. The van der Waals surface area contributed by atoms with E-state index in [-0.39, 0.29) is 0 Å². The van der Waals surface area contributed by atoms with Gasteiger partial charge in [0.15, 0.2) is 0 Å². The molecule has 1 N–H and O–H groups in total. The average molecular weight is 286 g/mol. The Kier molecular flexibility index (Phi) is 5.50. The lowest BCUT2D eigenvalue weighted by molar-refractivity contribution is 0.732. The second-order valence-electron chi connectivity index (χ2n) is 5.07. The zero-order valence-electron chi connectivity index (χ0n) is 12.4. The molecule has 2 aromatic rings. The Labute approximate surface area is 125 Å². The third-order valence-electron chi connectivity index (χ3n) is 3.14. The quantitative estimate of drug-likeness (QED) is 0.812. The maximum atomic E-state index is 4.46. The van der Waals surface area contributed by atoms with Crippen molar-refractivity contribution in [3.8, 4) is 0 Å². The van der Waals surface area contributed by atoms with Gasteiger partial charge in [-0.25, -0.2) is 4.98 Å². The van der Waals surface area contributed by atoms with Crippen molar-refractivity contribution in [1.82, 2.24) is 10.3 Å². The van der Waals surface area contributed by atoms with Gasteiger partial charge in [-0.05, 0) is 32.8 Å². The molecular formula is C17H22N2S. The number of nitrogens with zero attached hydrogens (tertiary/aromatic N) is 1. The standard InChI is InChI=1S/C17H22N2S/c1-13(11-16-7-5-4-6-8-16)12-18-10-9-17-14(2)19-15(3)20-17/h4-8,11,18H,9-10,12H2,1-3H3/b13-11-. The van der Waals surface area contributed by atoms with Gasteiger partial charge >= 0.3 is 0 Å². The molecule has 3 heteroatoms. The number of hydrogen-bond acceptors (Lipinski definition) is 3. The first-order valence-corrected chi connectivity index (χ1v) is 7.82. The zero-order chi connectivity index (χ0) is 14.4. The lowest BCUT2D eigenvalue weighted by atomic mass is 10.1. The summed E-state index contributed by atoms with van der Waals surface area (Å²) in [4.78, 5) is 5.86. The highest BCUT2D eigenvalue weighted by Gasteiger charge is 2.03. The van der Waals surface area contributed by atoms with Gasteiger partial charge in [0.05, 0.1) is 10.7 Å². The van der Waals surface area contributed by atoms with E-state index in [0.717, 1.165) is 24.5 Å². The van der Waals surface area contributed by atoms with E-state index in [1.165, 1.54) is 21.7 Å². The van der Waals surface area contributed by atoms with Gasteiger partial charge < -0.3 is 5.32 Å². The van der Waals surface area contributed by atoms with E-state index in [2.05, 4.69) is 61.4 Å². The molecule has 1 aromatic heterocycles. The molecule has 0 aliphatic heterocycles. The monoisotopic (exact) mass is 286 g/mol. The number of hydrogen-bond donors (Lipinski definition) is 1. The molecule has 0 atom stereocenters. The fraction of sp³-hybridized carbons (Fsp3) is 0.353. The molecule has 0 amide bonds. The molecule has 0 aliphatic carbocycles. The SMILES string of the molecule is C/C(=C/c1ccccc1)CNCCc1sc(C)nc1C. The van der Waals surface area contributed by atoms with Gasteiger partial charge in [0.2, 0.25) is 0 Å². The average Bonchev–Trinajstić information content (AvgIpc) is 2.74. The summed E-state index contributed by atoms with van der Waals surface area (Å²) in [5.41, 5.74) is 3.81. The van der Waals surface area contributed by atoms with Crippen LogP contribution in [0.4, 0.5) is 0 Å². The molecule has 0 spiro atoms. The molecular weight excluding hydrogens is 264 g/mol. The van der Waals surface area contributed by atoms with E-state index in [9.17, 15) is 0 Å². The molecule has 20 heavy (non-hydrogen) atoms. The molecule has 0 bridgehead atoms. The predicted molar refractivity (Wildman–Crippen MR) is 88.3 cm³/mol. The summed E-state index contributed by atoms with van der Waals surface area (Å²) in [5, 5.41) is 4.67. The fourth-order valence-corrected chi connectivity index (χ4v) is 3.11. The van der Waals surface area contributed by atoms with Crippen LogP contribution < -0.4 is 5.32 Å². The molecule has 1 heterocycles. The van der Waals surface area contributed by atoms with E-state index in [1.54, 1.807) is 0 Å². The fourth-order valence-electron chi connectivity index (χ4n) is 2.18. The first-order chi connectivity index (χ1) is 9.65. The molecule has 2 nitrogen and oxygen atoms in total. The highest BCUT2D eigenvalue weighted by molar-refractivity contribution is 7.11. The lowest BCUT2D eigenvalue weighted by Gasteiger charge is -2.05. The summed E-state index contributed by atoms with van der Waals surface area (Å²) in [6, 6.07) is 10.5. The van der Waals surface area contributed by atoms with Crippen LogP contribution in [-0.2, 0) is 6.42 Å². The first-order valence-electron chi connectivity index (χ1n) is 7.01. The topological polar surface area (TPSA) is 24.9 Å². The summed E-state index contributed by atoms with van der Waals surface area (Å²) in [7, 11) is 0. The van der Waals surface area contributed by atoms with Crippen molar-refractivity contribution in [2.45, 2.75) is 27.2 Å². The normalized spacial score (nSPS) is 11.8. The largest absolute Gasteiger partial charge is 0.313 e. The van der Waals surface area contributed by atoms with Crippen molar-refractivity contribution < 1.29 is 0 Å². The van der Waals surface area contributed by atoms with Crippen LogP contribution in [0.15, 0.2) is 35.9 Å². The van der Waals surface area contributed by atoms with Gasteiger partial charge in [0.1, 0.15) is 0 Å². The maximum Gasteiger partial charge on any atom is 0.0900 e. The third-order valence-corrected chi connectivity index (χ3v) is 4.28. The smallest absolute Gasteiger partial charge is 0.0900 e. The van der Waals surface area contributed by atoms with E-state index in [4.69, 9.17) is 0 Å². The molecule has 0 saturated carbocycles. The molecule has 1 aromatic carbocycles. The Balaban J connectivity index is 1.76. The molecule has 2 rings (SSSR count). The molecule has 0 unspecified atom stereocenters.